The van der Waals surface area contributed by atoms with Gasteiger partial charge in [-0.05, 0) is 32.3 Å². The van der Waals surface area contributed by atoms with E-state index in [-0.39, 0.29) is 11.2 Å². The maximum Gasteiger partial charge on any atom is 0.330 e. The Morgan fingerprint density at radius 3 is 2.04 bits per heavy atom. The van der Waals surface area contributed by atoms with Crippen LogP contribution in [0.5, 0.6) is 0 Å². The van der Waals surface area contributed by atoms with Crippen LogP contribution >= 0.6 is 0 Å². The number of ketones is 1. The largest absolute Gasteiger partial charge is 0.463 e. The van der Waals surface area contributed by atoms with E-state index in [1.807, 2.05) is 20.8 Å². The lowest BCUT2D eigenvalue weighted by Gasteiger charge is -2.16. The van der Waals surface area contributed by atoms with Gasteiger partial charge in [-0.15, -0.1) is 0 Å². The second kappa shape index (κ2) is 12.9. The van der Waals surface area contributed by atoms with Crippen LogP contribution in [0.25, 0.3) is 0 Å². The minimum Gasteiger partial charge on any atom is -0.463 e. The topological polar surface area (TPSA) is 43.4 Å². The van der Waals surface area contributed by atoms with E-state index in [1.165, 1.54) is 18.2 Å². The Labute approximate surface area is 146 Å². The zero-order valence-corrected chi connectivity index (χ0v) is 15.7. The third kappa shape index (κ3) is 13.0. The van der Waals surface area contributed by atoms with Crippen molar-refractivity contribution in [3.63, 3.8) is 0 Å². The molecule has 4 heteroatoms. The van der Waals surface area contributed by atoms with E-state index in [2.05, 4.69) is 0 Å². The van der Waals surface area contributed by atoms with Gasteiger partial charge in [0.05, 0.1) is 12.4 Å². The lowest BCUT2D eigenvalue weighted by Crippen LogP contribution is -2.19. The van der Waals surface area contributed by atoms with Crippen molar-refractivity contribution in [1.82, 2.24) is 0 Å². The van der Waals surface area contributed by atoms with Crippen molar-refractivity contribution >= 4 is 11.8 Å². The van der Waals surface area contributed by atoms with Crippen LogP contribution in [0.2, 0.25) is 0 Å². The average Bonchev–Trinajstić information content (AvgIpc) is 2.49. The standard InChI is InChI=1S/C20H33FO3/c1-5-24-19(23)16-12-14-17(21)13-10-8-6-7-9-11-15-18(22)20(2,3)4/h12,14,16H,5-11,13,15H2,1-4H3/b16-12+,17-14+. The van der Waals surface area contributed by atoms with Gasteiger partial charge in [-0.25, -0.2) is 9.18 Å². The van der Waals surface area contributed by atoms with Crippen molar-refractivity contribution in [2.75, 3.05) is 6.61 Å². The molecule has 0 aromatic heterocycles. The summed E-state index contributed by atoms with van der Waals surface area (Å²) in [6, 6.07) is 0. The molecule has 0 bridgehead atoms. The molecule has 0 aliphatic heterocycles. The van der Waals surface area contributed by atoms with Gasteiger partial charge in [0.1, 0.15) is 5.78 Å². The summed E-state index contributed by atoms with van der Waals surface area (Å²) in [4.78, 5) is 22.8. The van der Waals surface area contributed by atoms with Crippen LogP contribution in [0.15, 0.2) is 24.1 Å². The number of unbranched alkanes of at least 4 members (excludes halogenated alkanes) is 5. The number of halogens is 1. The SMILES string of the molecule is CCOC(=O)/C=C/C=C(/F)CCCCCCCCC(=O)C(C)(C)C. The number of carbonyl (C=O) groups is 2. The highest BCUT2D eigenvalue weighted by Gasteiger charge is 2.19. The van der Waals surface area contributed by atoms with Gasteiger partial charge in [0.15, 0.2) is 0 Å². The van der Waals surface area contributed by atoms with Crippen LogP contribution in [-0.4, -0.2) is 18.4 Å². The number of hydrogen-bond donors (Lipinski definition) is 0. The Morgan fingerprint density at radius 1 is 0.958 bits per heavy atom. The molecule has 0 aliphatic rings. The molecule has 0 spiro atoms. The molecule has 0 aromatic rings. The Balaban J connectivity index is 3.62. The fourth-order valence-electron chi connectivity index (χ4n) is 2.17. The monoisotopic (exact) mass is 340 g/mol. The zero-order chi connectivity index (χ0) is 18.4. The number of ether oxygens (including phenoxy) is 1. The molecule has 0 amide bonds. The normalized spacial score (nSPS) is 12.6. The van der Waals surface area contributed by atoms with E-state index in [1.54, 1.807) is 6.92 Å². The maximum absolute atomic E-state index is 13.5. The molecule has 0 N–H and O–H groups in total. The summed E-state index contributed by atoms with van der Waals surface area (Å²) in [6.07, 6.45) is 10.9. The quantitative estimate of drug-likeness (QED) is 0.198. The van der Waals surface area contributed by atoms with Crippen molar-refractivity contribution in [1.29, 1.82) is 0 Å². The summed E-state index contributed by atoms with van der Waals surface area (Å²) in [5.74, 6) is -0.344. The summed E-state index contributed by atoms with van der Waals surface area (Å²) in [6.45, 7) is 7.92. The molecular weight excluding hydrogens is 307 g/mol. The molecule has 138 valence electrons. The third-order valence-corrected chi connectivity index (χ3v) is 3.70. The Bertz CT molecular complexity index is 431. The lowest BCUT2D eigenvalue weighted by atomic mass is 9.88. The summed E-state index contributed by atoms with van der Waals surface area (Å²) in [5, 5.41) is 0. The third-order valence-electron chi connectivity index (χ3n) is 3.70. The summed E-state index contributed by atoms with van der Waals surface area (Å²) < 4.78 is 18.2. The van der Waals surface area contributed by atoms with Gasteiger partial charge in [0.25, 0.3) is 0 Å². The van der Waals surface area contributed by atoms with Crippen molar-refractivity contribution in [2.45, 2.75) is 79.1 Å². The first kappa shape index (κ1) is 22.6. The van der Waals surface area contributed by atoms with Crippen LogP contribution < -0.4 is 0 Å². The van der Waals surface area contributed by atoms with E-state index >= 15 is 0 Å². The van der Waals surface area contributed by atoms with Gasteiger partial charge in [0.2, 0.25) is 0 Å². The second-order valence-electron chi connectivity index (χ2n) is 7.02. The number of allylic oxidation sites excluding steroid dienone is 3. The molecule has 0 atom stereocenters. The van der Waals surface area contributed by atoms with Crippen molar-refractivity contribution in [3.05, 3.63) is 24.1 Å². The highest BCUT2D eigenvalue weighted by atomic mass is 19.1. The Morgan fingerprint density at radius 2 is 1.50 bits per heavy atom. The smallest absolute Gasteiger partial charge is 0.330 e. The summed E-state index contributed by atoms with van der Waals surface area (Å²) in [7, 11) is 0. The summed E-state index contributed by atoms with van der Waals surface area (Å²) in [5.41, 5.74) is -0.231. The van der Waals surface area contributed by atoms with Crippen molar-refractivity contribution in [3.8, 4) is 0 Å². The number of Topliss-reactive ketones (excluding diaryl/α,β-unsaturated/α-hetero) is 1. The molecule has 24 heavy (non-hydrogen) atoms. The second-order valence-corrected chi connectivity index (χ2v) is 7.02. The van der Waals surface area contributed by atoms with E-state index in [0.717, 1.165) is 38.5 Å². The first-order valence-corrected chi connectivity index (χ1v) is 9.00. The first-order chi connectivity index (χ1) is 11.3. The first-order valence-electron chi connectivity index (χ1n) is 9.00. The minimum atomic E-state index is -0.452. The van der Waals surface area contributed by atoms with E-state index < -0.39 is 5.97 Å². The fraction of sp³-hybridized carbons (Fsp3) is 0.700. The molecule has 0 aromatic carbocycles. The molecule has 0 radical (unpaired) electrons. The number of rotatable bonds is 12. The van der Waals surface area contributed by atoms with Gasteiger partial charge < -0.3 is 4.74 Å². The highest BCUT2D eigenvalue weighted by Crippen LogP contribution is 2.19. The minimum absolute atomic E-state index is 0.216. The van der Waals surface area contributed by atoms with E-state index in [4.69, 9.17) is 4.74 Å². The molecule has 0 heterocycles. The van der Waals surface area contributed by atoms with Gasteiger partial charge in [-0.3, -0.25) is 4.79 Å². The molecule has 0 rings (SSSR count). The van der Waals surface area contributed by atoms with Gasteiger partial charge >= 0.3 is 5.97 Å². The number of esters is 1. The van der Waals surface area contributed by atoms with Crippen LogP contribution in [0.4, 0.5) is 4.39 Å². The number of carbonyl (C=O) groups excluding carboxylic acids is 2. The fourth-order valence-corrected chi connectivity index (χ4v) is 2.17. The van der Waals surface area contributed by atoms with Crippen molar-refractivity contribution in [2.24, 2.45) is 5.41 Å². The molecule has 0 fully saturated rings. The van der Waals surface area contributed by atoms with E-state index in [0.29, 0.717) is 25.2 Å². The van der Waals surface area contributed by atoms with Gasteiger partial charge in [-0.1, -0.05) is 52.5 Å². The predicted octanol–water partition coefficient (Wildman–Crippen LogP) is 5.70. The molecular formula is C20H33FO3. The molecule has 3 nitrogen and oxygen atoms in total. The predicted molar refractivity (Wildman–Crippen MR) is 96.4 cm³/mol. The molecule has 0 aliphatic carbocycles. The van der Waals surface area contributed by atoms with Crippen LogP contribution in [0.1, 0.15) is 79.1 Å². The number of hydrogen-bond acceptors (Lipinski definition) is 3. The Kier molecular flexibility index (Phi) is 12.1. The molecule has 0 saturated carbocycles. The average molecular weight is 340 g/mol. The maximum atomic E-state index is 13.5. The lowest BCUT2D eigenvalue weighted by molar-refractivity contribution is -0.137. The van der Waals surface area contributed by atoms with Crippen molar-refractivity contribution < 1.29 is 18.7 Å². The van der Waals surface area contributed by atoms with Crippen LogP contribution in [0, 0.1) is 5.41 Å². The molecule has 0 unspecified atom stereocenters. The van der Waals surface area contributed by atoms with Crippen LogP contribution in [0.3, 0.4) is 0 Å². The van der Waals surface area contributed by atoms with E-state index in [9.17, 15) is 14.0 Å². The van der Waals surface area contributed by atoms with Gasteiger partial charge in [0, 0.05) is 17.9 Å². The molecule has 0 saturated heterocycles. The summed E-state index contributed by atoms with van der Waals surface area (Å²) >= 11 is 0. The Hall–Kier alpha value is -1.45. The van der Waals surface area contributed by atoms with Gasteiger partial charge in [-0.2, -0.15) is 0 Å². The van der Waals surface area contributed by atoms with Crippen LogP contribution in [-0.2, 0) is 14.3 Å². The highest BCUT2D eigenvalue weighted by molar-refractivity contribution is 5.83. The zero-order valence-electron chi connectivity index (χ0n) is 15.7.